The summed E-state index contributed by atoms with van der Waals surface area (Å²) in [6.45, 7) is 1.69. The number of ether oxygens (including phenoxy) is 1. The van der Waals surface area contributed by atoms with Gasteiger partial charge in [0, 0.05) is 47.8 Å². The number of hydrogen-bond acceptors (Lipinski definition) is 6. The molecule has 0 bridgehead atoms. The largest absolute Gasteiger partial charge is 0.390 e. The molecule has 1 fully saturated rings. The Balaban J connectivity index is 1.77. The Labute approximate surface area is 219 Å². The maximum absolute atomic E-state index is 13.2. The Morgan fingerprint density at radius 2 is 1.89 bits per heavy atom. The van der Waals surface area contributed by atoms with Crippen LogP contribution in [0.15, 0.2) is 42.5 Å². The van der Waals surface area contributed by atoms with Crippen molar-refractivity contribution >= 4 is 29.1 Å². The number of morpholine rings is 1. The summed E-state index contributed by atoms with van der Waals surface area (Å²) in [6.07, 6.45) is 0.871. The molecule has 1 aromatic heterocycles. The molecule has 2 aromatic carbocycles. The zero-order valence-electron chi connectivity index (χ0n) is 19.3. The van der Waals surface area contributed by atoms with Crippen LogP contribution >= 0.6 is 23.2 Å². The quantitative estimate of drug-likeness (QED) is 0.374. The third-order valence-electron chi connectivity index (χ3n) is 5.50. The van der Waals surface area contributed by atoms with Crippen LogP contribution in [0.1, 0.15) is 34.6 Å². The summed E-state index contributed by atoms with van der Waals surface area (Å²) in [5.41, 5.74) is 5.26. The van der Waals surface area contributed by atoms with Crippen molar-refractivity contribution in [3.63, 3.8) is 0 Å². The van der Waals surface area contributed by atoms with E-state index in [0.29, 0.717) is 72.0 Å². The van der Waals surface area contributed by atoms with Crippen molar-refractivity contribution in [3.8, 4) is 35.0 Å². The number of unbranched alkanes of at least 4 members (excludes halogenated alkanes) is 1. The first-order chi connectivity index (χ1) is 17.5. The van der Waals surface area contributed by atoms with Gasteiger partial charge in [-0.15, -0.1) is 0 Å². The summed E-state index contributed by atoms with van der Waals surface area (Å²) in [5, 5.41) is 21.6. The molecule has 1 amide bonds. The van der Waals surface area contributed by atoms with Crippen LogP contribution in [0.3, 0.4) is 0 Å². The minimum Gasteiger partial charge on any atom is -0.390 e. The Kier molecular flexibility index (Phi) is 8.61. The first-order valence-electron chi connectivity index (χ1n) is 11.3. The normalized spacial score (nSPS) is 13.5. The van der Waals surface area contributed by atoms with Crippen molar-refractivity contribution in [1.29, 1.82) is 5.26 Å². The van der Waals surface area contributed by atoms with Crippen molar-refractivity contribution in [2.24, 2.45) is 0 Å². The zero-order valence-corrected chi connectivity index (χ0v) is 20.8. The van der Waals surface area contributed by atoms with Gasteiger partial charge in [0.05, 0.1) is 36.6 Å². The van der Waals surface area contributed by atoms with E-state index < -0.39 is 12.5 Å². The van der Waals surface area contributed by atoms with Gasteiger partial charge in [-0.25, -0.2) is 9.99 Å². The van der Waals surface area contributed by atoms with Gasteiger partial charge >= 0.3 is 0 Å². The van der Waals surface area contributed by atoms with Gasteiger partial charge in [-0.3, -0.25) is 14.8 Å². The zero-order chi connectivity index (χ0) is 25.5. The number of carbonyl (C=O) groups is 1. The minimum absolute atomic E-state index is 0.0883. The van der Waals surface area contributed by atoms with Crippen LogP contribution < -0.4 is 5.43 Å². The highest BCUT2D eigenvalue weighted by Gasteiger charge is 2.26. The summed E-state index contributed by atoms with van der Waals surface area (Å²) in [7, 11) is 0. The maximum Gasteiger partial charge on any atom is 0.286 e. The first kappa shape index (κ1) is 25.7. The summed E-state index contributed by atoms with van der Waals surface area (Å²) < 4.78 is 7.04. The number of imidazole rings is 1. The third-order valence-corrected chi connectivity index (χ3v) is 6.05. The molecule has 8 nitrogen and oxygen atoms in total. The fourth-order valence-corrected chi connectivity index (χ4v) is 4.25. The van der Waals surface area contributed by atoms with Crippen molar-refractivity contribution < 1.29 is 14.6 Å². The Morgan fingerprint density at radius 3 is 2.56 bits per heavy atom. The summed E-state index contributed by atoms with van der Waals surface area (Å²) in [5.74, 6) is 5.94. The molecule has 10 heteroatoms. The molecule has 4 rings (SSSR count). The molecule has 1 aliphatic heterocycles. The van der Waals surface area contributed by atoms with Crippen molar-refractivity contribution in [1.82, 2.24) is 20.0 Å². The topological polar surface area (TPSA) is 103 Å². The van der Waals surface area contributed by atoms with E-state index in [-0.39, 0.29) is 5.69 Å². The van der Waals surface area contributed by atoms with Crippen molar-refractivity contribution in [2.75, 3.05) is 26.3 Å². The van der Waals surface area contributed by atoms with Gasteiger partial charge < -0.3 is 9.84 Å². The number of nitrogens with one attached hydrogen (secondary N) is 1. The van der Waals surface area contributed by atoms with Crippen LogP contribution in [0, 0.1) is 23.2 Å². The lowest BCUT2D eigenvalue weighted by Gasteiger charge is -2.26. The van der Waals surface area contributed by atoms with Crippen LogP contribution in [0.4, 0.5) is 0 Å². The highest BCUT2D eigenvalue weighted by atomic mass is 35.5. The highest BCUT2D eigenvalue weighted by molar-refractivity contribution is 6.36. The van der Waals surface area contributed by atoms with Crippen LogP contribution in [-0.4, -0.2) is 51.9 Å². The summed E-state index contributed by atoms with van der Waals surface area (Å²) >= 11 is 12.6. The van der Waals surface area contributed by atoms with Crippen LogP contribution in [-0.2, 0) is 11.3 Å². The van der Waals surface area contributed by atoms with Gasteiger partial charge in [0.25, 0.3) is 5.91 Å². The maximum atomic E-state index is 13.2. The Hall–Kier alpha value is -3.37. The lowest BCUT2D eigenvalue weighted by atomic mass is 10.1. The second-order valence-corrected chi connectivity index (χ2v) is 8.74. The molecule has 1 saturated heterocycles. The second-order valence-electron chi connectivity index (χ2n) is 7.90. The number of nitrogens with zero attached hydrogens (tertiary/aromatic N) is 4. The van der Waals surface area contributed by atoms with E-state index in [0.717, 1.165) is 5.56 Å². The number of hydrogen-bond donors (Lipinski definition) is 2. The van der Waals surface area contributed by atoms with E-state index in [1.54, 1.807) is 27.8 Å². The van der Waals surface area contributed by atoms with Gasteiger partial charge in [-0.1, -0.05) is 35.0 Å². The van der Waals surface area contributed by atoms with E-state index in [4.69, 9.17) is 33.2 Å². The first-order valence-corrected chi connectivity index (χ1v) is 12.0. The van der Waals surface area contributed by atoms with Crippen LogP contribution in [0.25, 0.3) is 17.1 Å². The number of nitriles is 1. The van der Waals surface area contributed by atoms with Gasteiger partial charge in [0.15, 0.2) is 5.69 Å². The molecule has 0 unspecified atom stereocenters. The number of hydrazine groups is 1. The number of benzene rings is 2. The lowest BCUT2D eigenvalue weighted by Crippen LogP contribution is -2.48. The average molecular weight is 524 g/mol. The van der Waals surface area contributed by atoms with Gasteiger partial charge in [0.2, 0.25) is 0 Å². The number of rotatable bonds is 6. The van der Waals surface area contributed by atoms with E-state index in [2.05, 4.69) is 28.3 Å². The number of amides is 1. The van der Waals surface area contributed by atoms with Crippen molar-refractivity contribution in [3.05, 3.63) is 69.5 Å². The number of halogens is 2. The van der Waals surface area contributed by atoms with Gasteiger partial charge in [0.1, 0.15) is 5.82 Å². The van der Waals surface area contributed by atoms with E-state index >= 15 is 0 Å². The molecule has 36 heavy (non-hydrogen) atoms. The molecule has 0 atom stereocenters. The molecule has 3 aromatic rings. The van der Waals surface area contributed by atoms with Crippen LogP contribution in [0.2, 0.25) is 10.0 Å². The Bertz CT molecular complexity index is 1350. The molecule has 0 spiro atoms. The Morgan fingerprint density at radius 1 is 1.14 bits per heavy atom. The predicted molar refractivity (Wildman–Crippen MR) is 137 cm³/mol. The highest BCUT2D eigenvalue weighted by Crippen LogP contribution is 2.33. The molecule has 1 aliphatic rings. The molecule has 0 radical (unpaired) electrons. The number of aliphatic hydroxyl groups is 1. The van der Waals surface area contributed by atoms with E-state index in [9.17, 15) is 9.90 Å². The van der Waals surface area contributed by atoms with Crippen molar-refractivity contribution in [2.45, 2.75) is 19.4 Å². The molecular formula is C26H23Cl2N5O3. The molecule has 184 valence electrons. The number of aromatic nitrogens is 2. The molecular weight excluding hydrogens is 501 g/mol. The standard InChI is InChI=1S/C26H23Cl2N5O3/c27-19-7-10-21(22(28)16-19)25-30-24(26(35)31-32-12-14-36-15-13-32)23(17-34)33(25)20-8-5-18(6-9-20)4-2-1-3-11-29/h5-10,16,34H,1,3,12-15,17H2,(H,31,35). The predicted octanol–water partition coefficient (Wildman–Crippen LogP) is 3.97. The average Bonchev–Trinajstić information content (AvgIpc) is 3.27. The van der Waals surface area contributed by atoms with E-state index in [1.807, 2.05) is 24.3 Å². The fraction of sp³-hybridized carbons (Fsp3) is 0.269. The molecule has 0 aliphatic carbocycles. The van der Waals surface area contributed by atoms with Crippen LogP contribution in [0.5, 0.6) is 0 Å². The monoisotopic (exact) mass is 523 g/mol. The van der Waals surface area contributed by atoms with E-state index in [1.165, 1.54) is 0 Å². The van der Waals surface area contributed by atoms with Gasteiger partial charge in [-0.2, -0.15) is 5.26 Å². The summed E-state index contributed by atoms with van der Waals surface area (Å²) in [6, 6.07) is 14.4. The molecule has 2 heterocycles. The van der Waals surface area contributed by atoms with Gasteiger partial charge in [-0.05, 0) is 42.5 Å². The minimum atomic E-state index is -0.439. The number of aliphatic hydroxyl groups excluding tert-OH is 1. The summed E-state index contributed by atoms with van der Waals surface area (Å²) in [4.78, 5) is 17.8. The SMILES string of the molecule is N#CCCC#Cc1ccc(-n2c(-c3ccc(Cl)cc3Cl)nc(C(=O)NN3CCOCC3)c2CO)cc1. The lowest BCUT2D eigenvalue weighted by molar-refractivity contribution is 0.0124. The third kappa shape index (κ3) is 5.88. The molecule has 0 saturated carbocycles. The number of carbonyl (C=O) groups excluding carboxylic acids is 1. The fourth-order valence-electron chi connectivity index (χ4n) is 3.76. The second kappa shape index (κ2) is 12.0. The molecule has 2 N–H and O–H groups in total. The smallest absolute Gasteiger partial charge is 0.286 e.